The third kappa shape index (κ3) is 6.33. The number of esters is 1. The van der Waals surface area contributed by atoms with Gasteiger partial charge >= 0.3 is 5.97 Å². The number of amides is 1. The first-order chi connectivity index (χ1) is 12.9. The van der Waals surface area contributed by atoms with Crippen LogP contribution in [0.3, 0.4) is 0 Å². The first-order valence-electron chi connectivity index (χ1n) is 8.82. The molecule has 0 aromatic heterocycles. The van der Waals surface area contributed by atoms with Gasteiger partial charge in [0.15, 0.2) is 5.78 Å². The topological polar surface area (TPSA) is 86.5 Å². The Morgan fingerprint density at radius 2 is 1.70 bits per heavy atom. The van der Waals surface area contributed by atoms with Gasteiger partial charge in [0.05, 0.1) is 0 Å². The van der Waals surface area contributed by atoms with Gasteiger partial charge < -0.3 is 10.5 Å². The lowest BCUT2D eigenvalue weighted by Gasteiger charge is -2.10. The molecule has 0 unspecified atom stereocenters. The highest BCUT2D eigenvalue weighted by Gasteiger charge is 2.14. The van der Waals surface area contributed by atoms with Crippen molar-refractivity contribution in [2.24, 2.45) is 5.73 Å². The van der Waals surface area contributed by atoms with Crippen molar-refractivity contribution in [1.29, 1.82) is 0 Å². The molecule has 0 bridgehead atoms. The Balaban J connectivity index is 2.30. The summed E-state index contributed by atoms with van der Waals surface area (Å²) in [4.78, 5) is 35.7. The molecular formula is C21H22FNO4. The SMILES string of the molecule is CCCCC(=O)Oc1cc(CCC(N)=O)cc(C(=O)c2ccc(F)cc2)c1. The van der Waals surface area contributed by atoms with Crippen LogP contribution in [-0.4, -0.2) is 17.7 Å². The van der Waals surface area contributed by atoms with E-state index < -0.39 is 11.7 Å². The van der Waals surface area contributed by atoms with Crippen LogP contribution in [0, 0.1) is 5.82 Å². The molecule has 27 heavy (non-hydrogen) atoms. The standard InChI is InChI=1S/C21H22FNO4/c1-2-3-4-20(25)27-18-12-14(5-10-19(23)24)11-16(13-18)21(26)15-6-8-17(22)9-7-15/h6-9,11-13H,2-5,10H2,1H3,(H2,23,24). The molecule has 5 nitrogen and oxygen atoms in total. The number of aryl methyl sites for hydroxylation is 1. The monoisotopic (exact) mass is 371 g/mol. The van der Waals surface area contributed by atoms with Crippen molar-refractivity contribution in [3.05, 3.63) is 65.0 Å². The molecule has 0 spiro atoms. The van der Waals surface area contributed by atoms with E-state index >= 15 is 0 Å². The molecule has 0 fully saturated rings. The predicted octanol–water partition coefficient (Wildman–Crippen LogP) is 3.57. The zero-order valence-corrected chi connectivity index (χ0v) is 15.2. The lowest BCUT2D eigenvalue weighted by molar-refractivity contribution is -0.134. The number of hydrogen-bond donors (Lipinski definition) is 1. The Morgan fingerprint density at radius 3 is 2.33 bits per heavy atom. The number of rotatable bonds is 9. The molecule has 0 heterocycles. The summed E-state index contributed by atoms with van der Waals surface area (Å²) in [6, 6.07) is 9.91. The van der Waals surface area contributed by atoms with E-state index in [0.717, 1.165) is 6.42 Å². The highest BCUT2D eigenvalue weighted by Crippen LogP contribution is 2.22. The lowest BCUT2D eigenvalue weighted by atomic mass is 9.99. The molecule has 0 aliphatic rings. The predicted molar refractivity (Wildman–Crippen MR) is 98.9 cm³/mol. The van der Waals surface area contributed by atoms with Crippen LogP contribution in [0.1, 0.15) is 54.1 Å². The molecule has 2 aromatic rings. The summed E-state index contributed by atoms with van der Waals surface area (Å²) < 4.78 is 18.4. The van der Waals surface area contributed by atoms with Crippen LogP contribution in [0.25, 0.3) is 0 Å². The van der Waals surface area contributed by atoms with E-state index in [4.69, 9.17) is 10.5 Å². The van der Waals surface area contributed by atoms with Gasteiger partial charge in [-0.3, -0.25) is 14.4 Å². The van der Waals surface area contributed by atoms with Crippen LogP contribution < -0.4 is 10.5 Å². The number of carbonyl (C=O) groups excluding carboxylic acids is 3. The van der Waals surface area contributed by atoms with Gasteiger partial charge in [-0.1, -0.05) is 13.3 Å². The quantitative estimate of drug-likeness (QED) is 0.415. The van der Waals surface area contributed by atoms with Crippen molar-refractivity contribution in [1.82, 2.24) is 0 Å². The number of ketones is 1. The first-order valence-corrected chi connectivity index (χ1v) is 8.82. The third-order valence-electron chi connectivity index (χ3n) is 3.96. The first kappa shape index (κ1) is 20.3. The molecule has 1 amide bonds. The smallest absolute Gasteiger partial charge is 0.311 e. The van der Waals surface area contributed by atoms with E-state index in [1.165, 1.54) is 30.3 Å². The number of hydrogen-bond acceptors (Lipinski definition) is 4. The summed E-state index contributed by atoms with van der Waals surface area (Å²) in [5.74, 6) is -1.38. The largest absolute Gasteiger partial charge is 0.426 e. The van der Waals surface area contributed by atoms with Crippen molar-refractivity contribution < 1.29 is 23.5 Å². The van der Waals surface area contributed by atoms with E-state index in [0.29, 0.717) is 29.5 Å². The van der Waals surface area contributed by atoms with Gasteiger partial charge in [0.2, 0.25) is 5.91 Å². The minimum atomic E-state index is -0.466. The second kappa shape index (κ2) is 9.62. The molecular weight excluding hydrogens is 349 g/mol. The van der Waals surface area contributed by atoms with Gasteiger partial charge in [0.25, 0.3) is 0 Å². The molecule has 0 aliphatic heterocycles. The Bertz CT molecular complexity index is 831. The van der Waals surface area contributed by atoms with Crippen LogP contribution in [0.2, 0.25) is 0 Å². The summed E-state index contributed by atoms with van der Waals surface area (Å²) >= 11 is 0. The zero-order valence-electron chi connectivity index (χ0n) is 15.2. The highest BCUT2D eigenvalue weighted by molar-refractivity contribution is 6.09. The Hall–Kier alpha value is -3.02. The van der Waals surface area contributed by atoms with Gasteiger partial charge in [-0.2, -0.15) is 0 Å². The average molecular weight is 371 g/mol. The third-order valence-corrected chi connectivity index (χ3v) is 3.96. The van der Waals surface area contributed by atoms with E-state index in [2.05, 4.69) is 0 Å². The van der Waals surface area contributed by atoms with Crippen LogP contribution >= 0.6 is 0 Å². The van der Waals surface area contributed by atoms with Crippen LogP contribution in [0.15, 0.2) is 42.5 Å². The van der Waals surface area contributed by atoms with Crippen molar-refractivity contribution in [2.45, 2.75) is 39.0 Å². The minimum absolute atomic E-state index is 0.109. The maximum absolute atomic E-state index is 13.1. The summed E-state index contributed by atoms with van der Waals surface area (Å²) in [6.45, 7) is 1.97. The van der Waals surface area contributed by atoms with E-state index in [1.807, 2.05) is 6.92 Å². The maximum atomic E-state index is 13.1. The zero-order chi connectivity index (χ0) is 19.8. The van der Waals surface area contributed by atoms with Crippen LogP contribution in [-0.2, 0) is 16.0 Å². The van der Waals surface area contributed by atoms with Gasteiger partial charge in [-0.15, -0.1) is 0 Å². The second-order valence-corrected chi connectivity index (χ2v) is 6.25. The summed E-state index contributed by atoms with van der Waals surface area (Å²) in [5.41, 5.74) is 6.45. The number of carbonyl (C=O) groups is 3. The fraction of sp³-hybridized carbons (Fsp3) is 0.286. The number of nitrogens with two attached hydrogens (primary N) is 1. The van der Waals surface area contributed by atoms with Crippen molar-refractivity contribution in [2.75, 3.05) is 0 Å². The van der Waals surface area contributed by atoms with Gasteiger partial charge in [-0.25, -0.2) is 4.39 Å². The molecule has 2 aromatic carbocycles. The number of halogens is 1. The Labute approximate surface area is 157 Å². The number of unbranched alkanes of at least 4 members (excludes halogenated alkanes) is 1. The summed E-state index contributed by atoms with van der Waals surface area (Å²) in [6.07, 6.45) is 2.28. The molecule has 0 radical (unpaired) electrons. The fourth-order valence-electron chi connectivity index (χ4n) is 2.53. The Kier molecular flexibility index (Phi) is 7.23. The molecule has 2 N–H and O–H groups in total. The molecule has 0 aliphatic carbocycles. The summed E-state index contributed by atoms with van der Waals surface area (Å²) in [5, 5.41) is 0. The van der Waals surface area contributed by atoms with E-state index in [1.54, 1.807) is 12.1 Å². The molecule has 0 saturated heterocycles. The number of primary amides is 1. The van der Waals surface area contributed by atoms with Gasteiger partial charge in [0.1, 0.15) is 11.6 Å². The normalized spacial score (nSPS) is 10.4. The molecule has 2 rings (SSSR count). The number of benzene rings is 2. The summed E-state index contributed by atoms with van der Waals surface area (Å²) in [7, 11) is 0. The second-order valence-electron chi connectivity index (χ2n) is 6.25. The molecule has 0 atom stereocenters. The van der Waals surface area contributed by atoms with Crippen LogP contribution in [0.5, 0.6) is 5.75 Å². The van der Waals surface area contributed by atoms with Crippen LogP contribution in [0.4, 0.5) is 4.39 Å². The van der Waals surface area contributed by atoms with Gasteiger partial charge in [0, 0.05) is 24.0 Å². The highest BCUT2D eigenvalue weighted by atomic mass is 19.1. The molecule has 142 valence electrons. The fourth-order valence-corrected chi connectivity index (χ4v) is 2.53. The average Bonchev–Trinajstić information content (AvgIpc) is 2.64. The van der Waals surface area contributed by atoms with Crippen molar-refractivity contribution >= 4 is 17.7 Å². The minimum Gasteiger partial charge on any atom is -0.426 e. The van der Waals surface area contributed by atoms with E-state index in [9.17, 15) is 18.8 Å². The van der Waals surface area contributed by atoms with Crippen molar-refractivity contribution in [3.63, 3.8) is 0 Å². The van der Waals surface area contributed by atoms with Crippen molar-refractivity contribution in [3.8, 4) is 5.75 Å². The molecule has 0 saturated carbocycles. The molecule has 6 heteroatoms. The van der Waals surface area contributed by atoms with E-state index in [-0.39, 0.29) is 30.3 Å². The number of ether oxygens (including phenoxy) is 1. The maximum Gasteiger partial charge on any atom is 0.311 e. The Morgan fingerprint density at radius 1 is 1.00 bits per heavy atom. The lowest BCUT2D eigenvalue weighted by Crippen LogP contribution is -2.12. The van der Waals surface area contributed by atoms with Gasteiger partial charge in [-0.05, 0) is 60.9 Å².